The van der Waals surface area contributed by atoms with E-state index < -0.39 is 0 Å². The summed E-state index contributed by atoms with van der Waals surface area (Å²) in [5.41, 5.74) is 6.31. The number of nitrogen functional groups attached to an aromatic ring is 1. The fourth-order valence-corrected chi connectivity index (χ4v) is 1.35. The molecule has 0 spiro atoms. The molecule has 0 bridgehead atoms. The van der Waals surface area contributed by atoms with E-state index in [0.29, 0.717) is 5.69 Å². The average molecular weight is 162 g/mol. The van der Waals surface area contributed by atoms with Gasteiger partial charge in [0.1, 0.15) is 0 Å². The number of aromatic hydroxyl groups is 1. The van der Waals surface area contributed by atoms with Crippen LogP contribution in [0.25, 0.3) is 10.8 Å². The molecule has 0 unspecified atom stereocenters. The monoisotopic (exact) mass is 162 g/mol. The highest BCUT2D eigenvalue weighted by atomic mass is 16.3. The number of aromatic nitrogens is 1. The predicted octanol–water partition coefficient (Wildman–Crippen LogP) is 1.47. The first kappa shape index (κ1) is 7.03. The normalized spacial score (nSPS) is 10.8. The second-order valence-corrected chi connectivity index (χ2v) is 2.91. The Bertz CT molecular complexity index is 431. The van der Waals surface area contributed by atoms with E-state index in [1.165, 1.54) is 0 Å². The minimum atomic E-state index is 0.282. The van der Waals surface area contributed by atoms with E-state index >= 15 is 0 Å². The zero-order chi connectivity index (χ0) is 8.72. The van der Waals surface area contributed by atoms with Crippen molar-refractivity contribution < 1.29 is 5.11 Å². The van der Waals surface area contributed by atoms with Gasteiger partial charge in [0, 0.05) is 29.7 Å². The maximum atomic E-state index is 9.51. The molecule has 0 amide bonds. The van der Waals surface area contributed by atoms with Crippen molar-refractivity contribution in [3.05, 3.63) is 24.4 Å². The van der Waals surface area contributed by atoms with Crippen molar-refractivity contribution >= 4 is 16.5 Å². The predicted molar refractivity (Wildman–Crippen MR) is 49.0 cm³/mol. The van der Waals surface area contributed by atoms with E-state index in [9.17, 15) is 5.11 Å². The maximum absolute atomic E-state index is 9.51. The minimum Gasteiger partial charge on any atom is -0.494 e. The molecule has 0 aliphatic rings. The van der Waals surface area contributed by atoms with Gasteiger partial charge in [0.25, 0.3) is 0 Å². The fourth-order valence-electron chi connectivity index (χ4n) is 1.35. The largest absolute Gasteiger partial charge is 0.494 e. The van der Waals surface area contributed by atoms with E-state index in [1.54, 1.807) is 17.7 Å². The molecule has 1 aromatic carbocycles. The zero-order valence-electron chi connectivity index (χ0n) is 6.78. The second-order valence-electron chi connectivity index (χ2n) is 2.91. The van der Waals surface area contributed by atoms with Gasteiger partial charge >= 0.3 is 0 Å². The standard InChI is InChI=1S/C9H10N2O/c1-11-5-6-4-7(10)2-3-8(6)9(11)12/h2-5,12H,10H2,1H3. The van der Waals surface area contributed by atoms with Crippen molar-refractivity contribution in [2.45, 2.75) is 0 Å². The van der Waals surface area contributed by atoms with Gasteiger partial charge in [0.05, 0.1) is 0 Å². The van der Waals surface area contributed by atoms with Crippen molar-refractivity contribution in [3.63, 3.8) is 0 Å². The number of fused-ring (bicyclic) bond motifs is 1. The van der Waals surface area contributed by atoms with E-state index in [1.807, 2.05) is 18.3 Å². The molecule has 1 aromatic heterocycles. The topological polar surface area (TPSA) is 51.2 Å². The molecule has 0 radical (unpaired) electrons. The first-order valence-electron chi connectivity index (χ1n) is 3.72. The number of nitrogens with two attached hydrogens (primary N) is 1. The average Bonchev–Trinajstić information content (AvgIpc) is 2.28. The second kappa shape index (κ2) is 2.17. The van der Waals surface area contributed by atoms with Crippen LogP contribution in [0.1, 0.15) is 0 Å². The third-order valence-corrected chi connectivity index (χ3v) is 1.98. The summed E-state index contributed by atoms with van der Waals surface area (Å²) in [6, 6.07) is 5.44. The van der Waals surface area contributed by atoms with Gasteiger partial charge in [-0.25, -0.2) is 0 Å². The van der Waals surface area contributed by atoms with Crippen LogP contribution in [-0.2, 0) is 7.05 Å². The summed E-state index contributed by atoms with van der Waals surface area (Å²) in [4.78, 5) is 0. The van der Waals surface area contributed by atoms with Crippen LogP contribution in [0.15, 0.2) is 24.4 Å². The molecule has 0 atom stereocenters. The van der Waals surface area contributed by atoms with E-state index in [4.69, 9.17) is 5.73 Å². The van der Waals surface area contributed by atoms with Crippen LogP contribution < -0.4 is 5.73 Å². The Balaban J connectivity index is 2.87. The number of nitrogens with zero attached hydrogens (tertiary/aromatic N) is 1. The molecule has 0 fully saturated rings. The van der Waals surface area contributed by atoms with Crippen molar-refractivity contribution in [2.75, 3.05) is 5.73 Å². The molecule has 0 aliphatic heterocycles. The van der Waals surface area contributed by atoms with E-state index in [0.717, 1.165) is 10.8 Å². The summed E-state index contributed by atoms with van der Waals surface area (Å²) < 4.78 is 1.67. The summed E-state index contributed by atoms with van der Waals surface area (Å²) in [6.07, 6.45) is 1.85. The molecule has 0 aliphatic carbocycles. The SMILES string of the molecule is Cn1cc2cc(N)ccc2c1O. The molecule has 3 nitrogen and oxygen atoms in total. The molecule has 62 valence electrons. The lowest BCUT2D eigenvalue weighted by atomic mass is 10.2. The summed E-state index contributed by atoms with van der Waals surface area (Å²) in [5, 5.41) is 11.3. The Morgan fingerprint density at radius 1 is 1.42 bits per heavy atom. The lowest BCUT2D eigenvalue weighted by Crippen LogP contribution is -1.81. The molecule has 12 heavy (non-hydrogen) atoms. The Hall–Kier alpha value is -1.64. The number of hydrogen-bond donors (Lipinski definition) is 2. The highest BCUT2D eigenvalue weighted by molar-refractivity contribution is 5.90. The van der Waals surface area contributed by atoms with Gasteiger partial charge in [-0.1, -0.05) is 0 Å². The van der Waals surface area contributed by atoms with Crippen molar-refractivity contribution in [3.8, 4) is 5.88 Å². The highest BCUT2D eigenvalue weighted by Gasteiger charge is 2.03. The summed E-state index contributed by atoms with van der Waals surface area (Å²) >= 11 is 0. The lowest BCUT2D eigenvalue weighted by Gasteiger charge is -1.93. The van der Waals surface area contributed by atoms with Crippen LogP contribution in [0.3, 0.4) is 0 Å². The molecule has 1 heterocycles. The molecule has 0 saturated carbocycles. The van der Waals surface area contributed by atoms with Gasteiger partial charge in [0.15, 0.2) is 5.88 Å². The van der Waals surface area contributed by atoms with Gasteiger partial charge in [-0.3, -0.25) is 0 Å². The summed E-state index contributed by atoms with van der Waals surface area (Å²) in [7, 11) is 1.80. The third-order valence-electron chi connectivity index (χ3n) is 1.98. The van der Waals surface area contributed by atoms with Crippen molar-refractivity contribution in [1.82, 2.24) is 4.57 Å². The quantitative estimate of drug-likeness (QED) is 0.576. The smallest absolute Gasteiger partial charge is 0.198 e. The Labute approximate surface area is 70.0 Å². The lowest BCUT2D eigenvalue weighted by molar-refractivity contribution is 0.438. The first-order valence-corrected chi connectivity index (χ1v) is 3.72. The number of anilines is 1. The van der Waals surface area contributed by atoms with E-state index in [2.05, 4.69) is 0 Å². The van der Waals surface area contributed by atoms with Crippen LogP contribution in [0.5, 0.6) is 5.88 Å². The van der Waals surface area contributed by atoms with E-state index in [-0.39, 0.29) is 5.88 Å². The van der Waals surface area contributed by atoms with Crippen LogP contribution in [0.4, 0.5) is 5.69 Å². The molecule has 3 heteroatoms. The summed E-state index contributed by atoms with van der Waals surface area (Å²) in [5.74, 6) is 0.282. The summed E-state index contributed by atoms with van der Waals surface area (Å²) in [6.45, 7) is 0. The third kappa shape index (κ3) is 0.830. The first-order chi connectivity index (χ1) is 5.68. The molecule has 3 N–H and O–H groups in total. The molecule has 2 rings (SSSR count). The van der Waals surface area contributed by atoms with Crippen molar-refractivity contribution in [2.24, 2.45) is 7.05 Å². The number of hydrogen-bond acceptors (Lipinski definition) is 2. The van der Waals surface area contributed by atoms with Crippen LogP contribution in [0, 0.1) is 0 Å². The minimum absolute atomic E-state index is 0.282. The van der Waals surface area contributed by atoms with Crippen molar-refractivity contribution in [1.29, 1.82) is 0 Å². The Morgan fingerprint density at radius 3 is 2.92 bits per heavy atom. The van der Waals surface area contributed by atoms with Crippen LogP contribution >= 0.6 is 0 Å². The highest BCUT2D eigenvalue weighted by Crippen LogP contribution is 2.27. The Morgan fingerprint density at radius 2 is 2.17 bits per heavy atom. The number of aryl methyl sites for hydroxylation is 1. The molecular formula is C9H10N2O. The fraction of sp³-hybridized carbons (Fsp3) is 0.111. The van der Waals surface area contributed by atoms with Gasteiger partial charge in [-0.05, 0) is 18.2 Å². The van der Waals surface area contributed by atoms with Crippen LogP contribution in [0.2, 0.25) is 0 Å². The van der Waals surface area contributed by atoms with Gasteiger partial charge < -0.3 is 15.4 Å². The van der Waals surface area contributed by atoms with Gasteiger partial charge in [-0.15, -0.1) is 0 Å². The molecular weight excluding hydrogens is 152 g/mol. The zero-order valence-corrected chi connectivity index (χ0v) is 6.78. The number of benzene rings is 1. The van der Waals surface area contributed by atoms with Crippen LogP contribution in [-0.4, -0.2) is 9.67 Å². The number of rotatable bonds is 0. The molecule has 2 aromatic rings. The molecule has 0 saturated heterocycles. The van der Waals surface area contributed by atoms with Gasteiger partial charge in [0.2, 0.25) is 0 Å². The van der Waals surface area contributed by atoms with Gasteiger partial charge in [-0.2, -0.15) is 0 Å². The maximum Gasteiger partial charge on any atom is 0.198 e. The Kier molecular flexibility index (Phi) is 1.27.